The van der Waals surface area contributed by atoms with Gasteiger partial charge in [-0.25, -0.2) is 9.18 Å². The van der Waals surface area contributed by atoms with Crippen LogP contribution in [0.2, 0.25) is 0 Å². The zero-order valence-corrected chi connectivity index (χ0v) is 25.4. The Morgan fingerprint density at radius 1 is 1.14 bits per heavy atom. The summed E-state index contributed by atoms with van der Waals surface area (Å²) in [4.78, 5) is 30.3. The fourth-order valence-corrected chi connectivity index (χ4v) is 6.62. The van der Waals surface area contributed by atoms with E-state index in [0.29, 0.717) is 36.5 Å². The number of carbonyl (C=O) groups excluding carboxylic acids is 1. The summed E-state index contributed by atoms with van der Waals surface area (Å²) in [5.74, 6) is 0.334. The molecule has 2 saturated heterocycles. The van der Waals surface area contributed by atoms with Crippen LogP contribution in [0.4, 0.5) is 15.0 Å². The van der Waals surface area contributed by atoms with Crippen molar-refractivity contribution < 1.29 is 23.8 Å². The molecule has 2 N–H and O–H groups in total. The van der Waals surface area contributed by atoms with Crippen molar-refractivity contribution in [2.75, 3.05) is 38.6 Å². The summed E-state index contributed by atoms with van der Waals surface area (Å²) in [5, 5.41) is 15.9. The normalized spacial score (nSPS) is 23.2. The van der Waals surface area contributed by atoms with Crippen LogP contribution >= 0.6 is 0 Å². The molecule has 0 spiro atoms. The first-order chi connectivity index (χ1) is 21.1. The van der Waals surface area contributed by atoms with Crippen LogP contribution in [0.15, 0.2) is 42.6 Å². The van der Waals surface area contributed by atoms with E-state index in [1.807, 2.05) is 45.0 Å². The number of benzene rings is 2. The molecule has 1 saturated carbocycles. The number of carbonyl (C=O) groups is 1. The Kier molecular flexibility index (Phi) is 6.95. The van der Waals surface area contributed by atoms with E-state index >= 15 is 4.39 Å². The van der Waals surface area contributed by atoms with Crippen LogP contribution in [0, 0.1) is 17.7 Å². The molecule has 2 aliphatic heterocycles. The average Bonchev–Trinajstić information content (AvgIpc) is 3.26. The second-order valence-electron chi connectivity index (χ2n) is 13.2. The molecule has 1 aliphatic carbocycles. The molecular formula is C33H37FN6O4. The van der Waals surface area contributed by atoms with Crippen LogP contribution < -0.4 is 10.1 Å². The summed E-state index contributed by atoms with van der Waals surface area (Å²) in [6.07, 6.45) is 3.39. The number of ether oxygens (including phenoxy) is 2. The lowest BCUT2D eigenvalue weighted by Crippen LogP contribution is -2.38. The third-order valence-electron chi connectivity index (χ3n) is 8.99. The van der Waals surface area contributed by atoms with Gasteiger partial charge in [-0.2, -0.15) is 9.97 Å². The average molecular weight is 601 g/mol. The Hall–Kier alpha value is -4.25. The lowest BCUT2D eigenvalue weighted by Gasteiger charge is -2.26. The van der Waals surface area contributed by atoms with Gasteiger partial charge in [0.2, 0.25) is 0 Å². The number of halogens is 1. The quantitative estimate of drug-likeness (QED) is 0.299. The molecule has 3 fully saturated rings. The van der Waals surface area contributed by atoms with Crippen LogP contribution in [0.1, 0.15) is 33.6 Å². The van der Waals surface area contributed by atoms with Gasteiger partial charge in [0.25, 0.3) is 0 Å². The molecule has 3 aliphatic rings. The topological polar surface area (TPSA) is 113 Å². The van der Waals surface area contributed by atoms with Gasteiger partial charge < -0.3 is 29.7 Å². The van der Waals surface area contributed by atoms with Crippen LogP contribution in [-0.2, 0) is 4.74 Å². The summed E-state index contributed by atoms with van der Waals surface area (Å²) in [6.45, 7) is 8.15. The number of fused-ring (bicyclic) bond motifs is 3. The number of amides is 1. The van der Waals surface area contributed by atoms with Gasteiger partial charge in [-0.3, -0.25) is 4.98 Å². The minimum absolute atomic E-state index is 0.0236. The molecule has 2 aromatic heterocycles. The van der Waals surface area contributed by atoms with Gasteiger partial charge in [-0.15, -0.1) is 0 Å². The zero-order valence-electron chi connectivity index (χ0n) is 25.4. The van der Waals surface area contributed by atoms with Gasteiger partial charge >= 0.3 is 12.1 Å². The van der Waals surface area contributed by atoms with Gasteiger partial charge in [0.05, 0.1) is 5.39 Å². The first-order valence-electron chi connectivity index (χ1n) is 15.2. The molecule has 44 heavy (non-hydrogen) atoms. The SMILES string of the molecule is CN1CCC[C@H]1COc1nc(NC2C3CN(C(=O)OC(C)(C)C)CC32)c2cnc(-c3cc(O)cc4ccccc34)c(F)c2n1. The molecule has 0 radical (unpaired) electrons. The number of hydrogen-bond donors (Lipinski definition) is 2. The molecule has 3 atom stereocenters. The van der Waals surface area contributed by atoms with Crippen molar-refractivity contribution in [2.45, 2.75) is 51.3 Å². The number of phenols is 1. The van der Waals surface area contributed by atoms with Crippen molar-refractivity contribution in [3.63, 3.8) is 0 Å². The van der Waals surface area contributed by atoms with E-state index in [4.69, 9.17) is 9.47 Å². The van der Waals surface area contributed by atoms with Crippen molar-refractivity contribution in [1.82, 2.24) is 24.8 Å². The predicted octanol–water partition coefficient (Wildman–Crippen LogP) is 5.44. The summed E-state index contributed by atoms with van der Waals surface area (Å²) in [5.41, 5.74) is 0.108. The second-order valence-corrected chi connectivity index (χ2v) is 13.2. The summed E-state index contributed by atoms with van der Waals surface area (Å²) >= 11 is 0. The van der Waals surface area contributed by atoms with Crippen LogP contribution in [-0.4, -0.2) is 86.9 Å². The number of phenolic OH excluding ortho intramolecular Hbond substituents is 1. The third kappa shape index (κ3) is 5.34. The number of nitrogens with one attached hydrogen (secondary N) is 1. The van der Waals surface area contributed by atoms with E-state index in [-0.39, 0.29) is 53.0 Å². The maximum Gasteiger partial charge on any atom is 0.410 e. The van der Waals surface area contributed by atoms with Gasteiger partial charge in [0.15, 0.2) is 5.82 Å². The number of piperidine rings is 1. The summed E-state index contributed by atoms with van der Waals surface area (Å²) in [7, 11) is 2.07. The Morgan fingerprint density at radius 2 is 1.91 bits per heavy atom. The number of nitrogens with zero attached hydrogens (tertiary/aromatic N) is 5. The number of likely N-dealkylation sites (N-methyl/N-ethyl adjacent to an activating group) is 1. The van der Waals surface area contributed by atoms with E-state index in [1.165, 1.54) is 6.07 Å². The van der Waals surface area contributed by atoms with Crippen molar-refractivity contribution in [3.05, 3.63) is 48.4 Å². The molecular weight excluding hydrogens is 563 g/mol. The third-order valence-corrected chi connectivity index (χ3v) is 8.99. The fraction of sp³-hybridized carbons (Fsp3) is 0.455. The number of aromatic nitrogens is 3. The number of hydrogen-bond acceptors (Lipinski definition) is 9. The molecule has 7 rings (SSSR count). The van der Waals surface area contributed by atoms with E-state index in [0.717, 1.165) is 30.2 Å². The second kappa shape index (κ2) is 10.7. The van der Waals surface area contributed by atoms with E-state index in [9.17, 15) is 9.90 Å². The first kappa shape index (κ1) is 28.5. The Labute approximate surface area is 255 Å². The number of pyridine rings is 1. The predicted molar refractivity (Wildman–Crippen MR) is 165 cm³/mol. The van der Waals surface area contributed by atoms with Crippen molar-refractivity contribution in [3.8, 4) is 23.0 Å². The molecule has 4 heterocycles. The van der Waals surface area contributed by atoms with Crippen LogP contribution in [0.25, 0.3) is 32.9 Å². The van der Waals surface area contributed by atoms with Gasteiger partial charge in [0.1, 0.15) is 35.0 Å². The molecule has 11 heteroatoms. The van der Waals surface area contributed by atoms with Crippen molar-refractivity contribution in [2.24, 2.45) is 11.8 Å². The Balaban J connectivity index is 1.21. The maximum absolute atomic E-state index is 16.5. The highest BCUT2D eigenvalue weighted by Crippen LogP contribution is 2.48. The highest BCUT2D eigenvalue weighted by molar-refractivity contribution is 5.99. The maximum atomic E-state index is 16.5. The number of aromatic hydroxyl groups is 1. The molecule has 2 aromatic carbocycles. The van der Waals surface area contributed by atoms with Crippen molar-refractivity contribution in [1.29, 1.82) is 0 Å². The fourth-order valence-electron chi connectivity index (χ4n) is 6.62. The van der Waals surface area contributed by atoms with Gasteiger partial charge in [-0.05, 0) is 70.1 Å². The highest BCUT2D eigenvalue weighted by Gasteiger charge is 2.57. The van der Waals surface area contributed by atoms with E-state index in [2.05, 4.69) is 32.2 Å². The summed E-state index contributed by atoms with van der Waals surface area (Å²) in [6, 6.07) is 11.0. The van der Waals surface area contributed by atoms with Crippen LogP contribution in [0.3, 0.4) is 0 Å². The smallest absolute Gasteiger partial charge is 0.410 e. The Bertz CT molecular complexity index is 1750. The van der Waals surface area contributed by atoms with E-state index in [1.54, 1.807) is 17.2 Å². The van der Waals surface area contributed by atoms with Gasteiger partial charge in [-0.1, -0.05) is 24.3 Å². The standard InChI is InChI=1S/C33H37FN6O4/c1-33(2,3)44-32(42)40-15-24-25(16-40)27(24)36-30-23-14-35-28(22-13-20(41)12-18-8-5-6-10-21(18)22)26(34)29(23)37-31(38-30)43-17-19-9-7-11-39(19)4/h5-6,8,10,12-14,19,24-25,27,41H,7,9,11,15-17H2,1-4H3,(H,36,37,38)/t19-,24?,25?,27?/m0/s1. The monoisotopic (exact) mass is 600 g/mol. The minimum atomic E-state index is -0.612. The summed E-state index contributed by atoms with van der Waals surface area (Å²) < 4.78 is 28.1. The van der Waals surface area contributed by atoms with Crippen LogP contribution in [0.5, 0.6) is 11.8 Å². The highest BCUT2D eigenvalue weighted by atomic mass is 19.1. The molecule has 10 nitrogen and oxygen atoms in total. The first-order valence-corrected chi connectivity index (χ1v) is 15.2. The lowest BCUT2D eigenvalue weighted by molar-refractivity contribution is 0.0272. The molecule has 1 amide bonds. The van der Waals surface area contributed by atoms with Gasteiger partial charge in [0, 0.05) is 48.8 Å². The number of rotatable bonds is 6. The molecule has 230 valence electrons. The number of anilines is 1. The minimum Gasteiger partial charge on any atom is -0.508 e. The molecule has 0 bridgehead atoms. The largest absolute Gasteiger partial charge is 0.508 e. The number of likely N-dealkylation sites (tertiary alicyclic amines) is 2. The lowest BCUT2D eigenvalue weighted by atomic mass is 10.0. The molecule has 4 aromatic rings. The zero-order chi connectivity index (χ0) is 30.7. The Morgan fingerprint density at radius 3 is 2.64 bits per heavy atom. The van der Waals surface area contributed by atoms with Crippen molar-refractivity contribution >= 4 is 33.6 Å². The van der Waals surface area contributed by atoms with E-state index < -0.39 is 11.4 Å². The molecule has 2 unspecified atom stereocenters.